The van der Waals surface area contributed by atoms with Gasteiger partial charge in [0.1, 0.15) is 0 Å². The molecule has 2 rings (SSSR count). The zero-order valence-electron chi connectivity index (χ0n) is 13.7. The lowest BCUT2D eigenvalue weighted by Gasteiger charge is -2.24. The molecule has 22 heavy (non-hydrogen) atoms. The predicted octanol–water partition coefficient (Wildman–Crippen LogP) is 2.57. The molecule has 1 aromatic rings. The summed E-state index contributed by atoms with van der Waals surface area (Å²) in [4.78, 5) is 9.06. The monoisotopic (exact) mass is 414 g/mol. The molecule has 0 saturated heterocycles. The minimum atomic E-state index is 0. The van der Waals surface area contributed by atoms with Gasteiger partial charge < -0.3 is 15.1 Å². The van der Waals surface area contributed by atoms with Crippen LogP contribution < -0.4 is 5.32 Å². The van der Waals surface area contributed by atoms with Gasteiger partial charge in [0.25, 0.3) is 0 Å². The number of rotatable bonds is 4. The van der Waals surface area contributed by atoms with Crippen LogP contribution in [0.25, 0.3) is 0 Å². The Morgan fingerprint density at radius 1 is 1.27 bits per heavy atom. The Morgan fingerprint density at radius 3 is 2.59 bits per heavy atom. The second kappa shape index (κ2) is 9.84. The van der Waals surface area contributed by atoms with Crippen molar-refractivity contribution in [2.75, 3.05) is 40.8 Å². The first-order valence-corrected chi connectivity index (χ1v) is 7.51. The molecule has 122 valence electrons. The van der Waals surface area contributed by atoms with Crippen LogP contribution in [0, 0.1) is 0 Å². The molecule has 1 N–H and O–H groups in total. The number of hydrogen-bond acceptors (Lipinski definition) is 2. The van der Waals surface area contributed by atoms with Gasteiger partial charge in [-0.1, -0.05) is 42.0 Å². The van der Waals surface area contributed by atoms with Gasteiger partial charge in [-0.25, -0.2) is 4.99 Å². The van der Waals surface area contributed by atoms with Crippen molar-refractivity contribution in [1.82, 2.24) is 15.1 Å². The van der Waals surface area contributed by atoms with Crippen LogP contribution in [0.1, 0.15) is 12.0 Å². The molecule has 0 atom stereocenters. The Kier molecular flexibility index (Phi) is 8.48. The number of nitrogens with one attached hydrogen (secondary N) is 1. The van der Waals surface area contributed by atoms with E-state index >= 15 is 0 Å². The van der Waals surface area contributed by atoms with E-state index in [4.69, 9.17) is 0 Å². The summed E-state index contributed by atoms with van der Waals surface area (Å²) in [7, 11) is 6.22. The molecule has 4 nitrogen and oxygen atoms in total. The SMILES string of the molecule is CN1CC=C(CNC(=NCc2ccccc2)N(C)C)CC1.I. The average Bonchev–Trinajstić information content (AvgIpc) is 2.49. The van der Waals surface area contributed by atoms with Crippen molar-refractivity contribution in [2.24, 2.45) is 4.99 Å². The van der Waals surface area contributed by atoms with Gasteiger partial charge in [0.05, 0.1) is 6.54 Å². The summed E-state index contributed by atoms with van der Waals surface area (Å²) in [6, 6.07) is 10.4. The Hall–Kier alpha value is -1.08. The van der Waals surface area contributed by atoms with E-state index in [-0.39, 0.29) is 24.0 Å². The smallest absolute Gasteiger partial charge is 0.193 e. The van der Waals surface area contributed by atoms with Gasteiger partial charge >= 0.3 is 0 Å². The Balaban J connectivity index is 0.00000242. The quantitative estimate of drug-likeness (QED) is 0.356. The normalized spacial score (nSPS) is 15.8. The fourth-order valence-corrected chi connectivity index (χ4v) is 2.27. The molecule has 1 aromatic carbocycles. The van der Waals surface area contributed by atoms with Crippen molar-refractivity contribution < 1.29 is 0 Å². The molecule has 0 aromatic heterocycles. The maximum absolute atomic E-state index is 4.69. The number of guanidine groups is 1. The summed E-state index contributed by atoms with van der Waals surface area (Å²) >= 11 is 0. The van der Waals surface area contributed by atoms with Crippen molar-refractivity contribution in [2.45, 2.75) is 13.0 Å². The van der Waals surface area contributed by atoms with E-state index in [1.54, 1.807) is 0 Å². The molecule has 0 saturated carbocycles. The van der Waals surface area contributed by atoms with Crippen LogP contribution in [-0.4, -0.2) is 56.5 Å². The minimum absolute atomic E-state index is 0. The number of nitrogens with zero attached hydrogens (tertiary/aromatic N) is 3. The van der Waals surface area contributed by atoms with E-state index in [1.807, 2.05) is 25.1 Å². The van der Waals surface area contributed by atoms with E-state index in [0.717, 1.165) is 32.0 Å². The summed E-state index contributed by atoms with van der Waals surface area (Å²) in [6.45, 7) is 3.80. The molecule has 0 amide bonds. The molecular weight excluding hydrogens is 387 g/mol. The molecule has 5 heteroatoms. The second-order valence-corrected chi connectivity index (χ2v) is 5.75. The standard InChI is InChI=1S/C17H26N4.HI/c1-20(2)17(18-13-15-7-5-4-6-8-15)19-14-16-9-11-21(3)12-10-16;/h4-9H,10-14H2,1-3H3,(H,18,19);1H. The van der Waals surface area contributed by atoms with Gasteiger partial charge in [0, 0.05) is 33.7 Å². The highest BCUT2D eigenvalue weighted by Gasteiger charge is 2.09. The third-order valence-corrected chi connectivity index (χ3v) is 3.66. The van der Waals surface area contributed by atoms with E-state index in [9.17, 15) is 0 Å². The summed E-state index contributed by atoms with van der Waals surface area (Å²) in [5, 5.41) is 3.46. The topological polar surface area (TPSA) is 30.9 Å². The average molecular weight is 414 g/mol. The van der Waals surface area contributed by atoms with Gasteiger partial charge in [-0.2, -0.15) is 0 Å². The van der Waals surface area contributed by atoms with Crippen LogP contribution in [0.4, 0.5) is 0 Å². The number of hydrogen-bond donors (Lipinski definition) is 1. The zero-order chi connectivity index (χ0) is 15.1. The molecule has 1 aliphatic rings. The molecule has 1 aliphatic heterocycles. The first-order chi connectivity index (χ1) is 10.1. The first kappa shape index (κ1) is 19.0. The van der Waals surface area contributed by atoms with Gasteiger partial charge in [-0.15, -0.1) is 24.0 Å². The van der Waals surface area contributed by atoms with Crippen molar-refractivity contribution in [1.29, 1.82) is 0 Å². The van der Waals surface area contributed by atoms with E-state index in [2.05, 4.69) is 52.6 Å². The van der Waals surface area contributed by atoms with Crippen LogP contribution in [0.5, 0.6) is 0 Å². The maximum Gasteiger partial charge on any atom is 0.193 e. The highest BCUT2D eigenvalue weighted by Crippen LogP contribution is 2.08. The third kappa shape index (κ3) is 6.36. The van der Waals surface area contributed by atoms with Gasteiger partial charge in [0.15, 0.2) is 5.96 Å². The van der Waals surface area contributed by atoms with E-state index in [0.29, 0.717) is 6.54 Å². The fraction of sp³-hybridized carbons (Fsp3) is 0.471. The fourth-order valence-electron chi connectivity index (χ4n) is 2.27. The molecule has 0 unspecified atom stereocenters. The summed E-state index contributed by atoms with van der Waals surface area (Å²) < 4.78 is 0. The lowest BCUT2D eigenvalue weighted by Crippen LogP contribution is -2.38. The largest absolute Gasteiger partial charge is 0.352 e. The Morgan fingerprint density at radius 2 is 2.00 bits per heavy atom. The molecule has 0 aliphatic carbocycles. The van der Waals surface area contributed by atoms with Gasteiger partial charge in [-0.3, -0.25) is 0 Å². The van der Waals surface area contributed by atoms with E-state index in [1.165, 1.54) is 11.1 Å². The molecule has 1 heterocycles. The number of halogens is 1. The zero-order valence-corrected chi connectivity index (χ0v) is 16.1. The van der Waals surface area contributed by atoms with Gasteiger partial charge in [0.2, 0.25) is 0 Å². The molecular formula is C17H27IN4. The lowest BCUT2D eigenvalue weighted by molar-refractivity contribution is 0.357. The minimum Gasteiger partial charge on any atom is -0.352 e. The van der Waals surface area contributed by atoms with Crippen LogP contribution >= 0.6 is 24.0 Å². The predicted molar refractivity (Wildman–Crippen MR) is 105 cm³/mol. The number of benzene rings is 1. The molecule has 0 radical (unpaired) electrons. The highest BCUT2D eigenvalue weighted by molar-refractivity contribution is 14.0. The number of likely N-dealkylation sites (N-methyl/N-ethyl adjacent to an activating group) is 1. The Labute approximate surface area is 151 Å². The van der Waals surface area contributed by atoms with Crippen molar-refractivity contribution in [3.05, 3.63) is 47.5 Å². The number of aliphatic imine (C=N–C) groups is 1. The van der Waals surface area contributed by atoms with Crippen molar-refractivity contribution in [3.8, 4) is 0 Å². The molecule has 0 bridgehead atoms. The molecule has 0 spiro atoms. The first-order valence-electron chi connectivity index (χ1n) is 7.51. The maximum atomic E-state index is 4.69. The Bertz CT molecular complexity index is 497. The second-order valence-electron chi connectivity index (χ2n) is 5.75. The third-order valence-electron chi connectivity index (χ3n) is 3.66. The summed E-state index contributed by atoms with van der Waals surface area (Å²) in [6.07, 6.45) is 3.46. The summed E-state index contributed by atoms with van der Waals surface area (Å²) in [5.41, 5.74) is 2.71. The van der Waals surface area contributed by atoms with Crippen LogP contribution in [0.15, 0.2) is 47.0 Å². The summed E-state index contributed by atoms with van der Waals surface area (Å²) in [5.74, 6) is 0.943. The van der Waals surface area contributed by atoms with E-state index < -0.39 is 0 Å². The molecule has 0 fully saturated rings. The lowest BCUT2D eigenvalue weighted by atomic mass is 10.1. The van der Waals surface area contributed by atoms with Crippen molar-refractivity contribution >= 4 is 29.9 Å². The van der Waals surface area contributed by atoms with Gasteiger partial charge in [-0.05, 0) is 19.0 Å². The van der Waals surface area contributed by atoms with Crippen LogP contribution in [-0.2, 0) is 6.54 Å². The van der Waals surface area contributed by atoms with Crippen molar-refractivity contribution in [3.63, 3.8) is 0 Å². The van der Waals surface area contributed by atoms with Crippen LogP contribution in [0.2, 0.25) is 0 Å². The van der Waals surface area contributed by atoms with Crippen LogP contribution in [0.3, 0.4) is 0 Å². The highest BCUT2D eigenvalue weighted by atomic mass is 127.